The first-order valence-corrected chi connectivity index (χ1v) is 7.61. The van der Waals surface area contributed by atoms with Crippen LogP contribution in [0, 0.1) is 0 Å². The van der Waals surface area contributed by atoms with Crippen molar-refractivity contribution in [3.05, 3.63) is 48.0 Å². The highest BCUT2D eigenvalue weighted by Gasteiger charge is 2.26. The molecule has 23 heavy (non-hydrogen) atoms. The van der Waals surface area contributed by atoms with Gasteiger partial charge in [-0.2, -0.15) is 0 Å². The molecule has 0 saturated heterocycles. The molecule has 1 N–H and O–H groups in total. The predicted molar refractivity (Wildman–Crippen MR) is 92.9 cm³/mol. The van der Waals surface area contributed by atoms with E-state index in [2.05, 4.69) is 10.2 Å². The molecule has 3 rings (SSSR count). The van der Waals surface area contributed by atoms with Crippen LogP contribution in [0.5, 0.6) is 5.75 Å². The van der Waals surface area contributed by atoms with Crippen molar-refractivity contribution in [2.45, 2.75) is 0 Å². The third-order valence-corrected chi connectivity index (χ3v) is 3.94. The summed E-state index contributed by atoms with van der Waals surface area (Å²) in [5, 5.41) is 3.37. The summed E-state index contributed by atoms with van der Waals surface area (Å²) in [6.45, 7) is 1.43. The largest absolute Gasteiger partial charge is 0.497 e. The highest BCUT2D eigenvalue weighted by molar-refractivity contribution is 6.13. The van der Waals surface area contributed by atoms with Crippen molar-refractivity contribution in [1.29, 1.82) is 0 Å². The van der Waals surface area contributed by atoms with E-state index in [0.717, 1.165) is 29.4 Å². The van der Waals surface area contributed by atoms with E-state index in [0.29, 0.717) is 12.1 Å². The average molecular weight is 311 g/mol. The number of hydrogen-bond donors (Lipinski definition) is 1. The molecule has 0 radical (unpaired) electrons. The topological polar surface area (TPSA) is 44.8 Å². The van der Waals surface area contributed by atoms with Gasteiger partial charge in [0.1, 0.15) is 5.75 Å². The third kappa shape index (κ3) is 3.00. The van der Waals surface area contributed by atoms with Gasteiger partial charge in [-0.05, 0) is 38.4 Å². The van der Waals surface area contributed by atoms with Crippen LogP contribution < -0.4 is 15.0 Å². The zero-order chi connectivity index (χ0) is 16.4. The predicted octanol–water partition coefficient (Wildman–Crippen LogP) is 2.96. The van der Waals surface area contributed by atoms with E-state index < -0.39 is 0 Å². The minimum Gasteiger partial charge on any atom is -0.497 e. The molecular formula is C18H21N3O2. The van der Waals surface area contributed by atoms with E-state index in [1.165, 1.54) is 0 Å². The van der Waals surface area contributed by atoms with Crippen molar-refractivity contribution in [2.75, 3.05) is 44.5 Å². The Labute approximate surface area is 136 Å². The van der Waals surface area contributed by atoms with Crippen LogP contribution in [0.1, 0.15) is 10.4 Å². The van der Waals surface area contributed by atoms with Gasteiger partial charge in [-0.25, -0.2) is 0 Å². The normalized spacial score (nSPS) is 13.2. The number of carbonyl (C=O) groups excluding carboxylic acids is 1. The number of benzene rings is 2. The van der Waals surface area contributed by atoms with Gasteiger partial charge in [-0.15, -0.1) is 0 Å². The van der Waals surface area contributed by atoms with Gasteiger partial charge in [0.15, 0.2) is 0 Å². The Morgan fingerprint density at radius 1 is 1.13 bits per heavy atom. The summed E-state index contributed by atoms with van der Waals surface area (Å²) in [7, 11) is 5.63. The fraction of sp³-hybridized carbons (Fsp3) is 0.278. The molecule has 0 aromatic heterocycles. The van der Waals surface area contributed by atoms with Gasteiger partial charge in [0.2, 0.25) is 0 Å². The van der Waals surface area contributed by atoms with Crippen molar-refractivity contribution >= 4 is 23.0 Å². The van der Waals surface area contributed by atoms with Crippen LogP contribution in [0.25, 0.3) is 0 Å². The summed E-state index contributed by atoms with van der Waals surface area (Å²) in [6, 6.07) is 13.4. The lowest BCUT2D eigenvalue weighted by molar-refractivity contribution is 0.0986. The van der Waals surface area contributed by atoms with Crippen molar-refractivity contribution in [3.8, 4) is 5.75 Å². The molecule has 2 aromatic carbocycles. The Kier molecular flexibility index (Phi) is 4.21. The maximum atomic E-state index is 13.0. The first-order chi connectivity index (χ1) is 11.1. The zero-order valence-electron chi connectivity index (χ0n) is 13.7. The molecule has 5 nitrogen and oxygen atoms in total. The fourth-order valence-corrected chi connectivity index (χ4v) is 2.68. The summed E-state index contributed by atoms with van der Waals surface area (Å²) in [5.74, 6) is 0.727. The van der Waals surface area contributed by atoms with Crippen LogP contribution >= 0.6 is 0 Å². The number of amides is 1. The van der Waals surface area contributed by atoms with Crippen LogP contribution in [0.3, 0.4) is 0 Å². The molecule has 120 valence electrons. The van der Waals surface area contributed by atoms with Gasteiger partial charge in [-0.3, -0.25) is 4.79 Å². The second kappa shape index (κ2) is 6.30. The molecule has 2 aromatic rings. The first kappa shape index (κ1) is 15.4. The fourth-order valence-electron chi connectivity index (χ4n) is 2.68. The van der Waals surface area contributed by atoms with Gasteiger partial charge in [0.05, 0.1) is 29.7 Å². The standard InChI is InChI=1S/C18H21N3O2/c1-20(2)10-11-21-17-7-5-4-6-15(17)19-16-12-13(23-3)8-9-14(16)18(21)22/h4-9,12,19H,10-11H2,1-3H3. The molecule has 0 bridgehead atoms. The minimum absolute atomic E-state index is 0.00181. The molecule has 0 unspecified atom stereocenters. The molecule has 0 saturated carbocycles. The smallest absolute Gasteiger partial charge is 0.260 e. The Morgan fingerprint density at radius 2 is 1.91 bits per heavy atom. The van der Waals surface area contributed by atoms with Crippen LogP contribution in [0.15, 0.2) is 42.5 Å². The van der Waals surface area contributed by atoms with Gasteiger partial charge < -0.3 is 19.9 Å². The van der Waals surface area contributed by atoms with E-state index >= 15 is 0 Å². The van der Waals surface area contributed by atoms with Gasteiger partial charge in [0, 0.05) is 19.2 Å². The lowest BCUT2D eigenvalue weighted by Crippen LogP contribution is -2.36. The molecule has 1 aliphatic rings. The Morgan fingerprint density at radius 3 is 2.65 bits per heavy atom. The number of likely N-dealkylation sites (N-methyl/N-ethyl adjacent to an activating group) is 1. The number of para-hydroxylation sites is 2. The van der Waals surface area contributed by atoms with Crippen LogP contribution in [0.4, 0.5) is 17.1 Å². The first-order valence-electron chi connectivity index (χ1n) is 7.61. The molecule has 0 atom stereocenters. The van der Waals surface area contributed by atoms with E-state index in [9.17, 15) is 4.79 Å². The summed E-state index contributed by atoms with van der Waals surface area (Å²) in [5.41, 5.74) is 3.25. The molecule has 1 heterocycles. The number of methoxy groups -OCH3 is 1. The highest BCUT2D eigenvalue weighted by atomic mass is 16.5. The number of ether oxygens (including phenoxy) is 1. The van der Waals surface area contributed by atoms with Crippen molar-refractivity contribution in [2.24, 2.45) is 0 Å². The molecular weight excluding hydrogens is 290 g/mol. The summed E-state index contributed by atoms with van der Waals surface area (Å²) >= 11 is 0. The number of fused-ring (bicyclic) bond motifs is 2. The van der Waals surface area contributed by atoms with Gasteiger partial charge >= 0.3 is 0 Å². The number of anilines is 3. The monoisotopic (exact) mass is 311 g/mol. The molecule has 5 heteroatoms. The zero-order valence-corrected chi connectivity index (χ0v) is 13.7. The van der Waals surface area contributed by atoms with Gasteiger partial charge in [-0.1, -0.05) is 12.1 Å². The van der Waals surface area contributed by atoms with Crippen LogP contribution in [-0.2, 0) is 0 Å². The SMILES string of the molecule is COc1ccc2c(c1)Nc1ccccc1N(CCN(C)C)C2=O. The third-order valence-electron chi connectivity index (χ3n) is 3.94. The quantitative estimate of drug-likeness (QED) is 0.943. The Bertz CT molecular complexity index is 728. The van der Waals surface area contributed by atoms with E-state index in [4.69, 9.17) is 4.74 Å². The maximum absolute atomic E-state index is 13.0. The highest BCUT2D eigenvalue weighted by Crippen LogP contribution is 2.36. The van der Waals surface area contributed by atoms with E-state index in [1.807, 2.05) is 61.5 Å². The molecule has 0 aliphatic carbocycles. The molecule has 1 amide bonds. The van der Waals surface area contributed by atoms with Crippen molar-refractivity contribution in [1.82, 2.24) is 4.90 Å². The number of nitrogens with zero attached hydrogens (tertiary/aromatic N) is 2. The minimum atomic E-state index is 0.00181. The number of carbonyl (C=O) groups is 1. The van der Waals surface area contributed by atoms with Crippen molar-refractivity contribution in [3.63, 3.8) is 0 Å². The Balaban J connectivity index is 2.07. The van der Waals surface area contributed by atoms with Crippen LogP contribution in [0.2, 0.25) is 0 Å². The number of rotatable bonds is 4. The van der Waals surface area contributed by atoms with E-state index in [-0.39, 0.29) is 5.91 Å². The van der Waals surface area contributed by atoms with E-state index in [1.54, 1.807) is 7.11 Å². The van der Waals surface area contributed by atoms with Crippen LogP contribution in [-0.4, -0.2) is 45.1 Å². The second-order valence-electron chi connectivity index (χ2n) is 5.81. The maximum Gasteiger partial charge on any atom is 0.260 e. The lowest BCUT2D eigenvalue weighted by Gasteiger charge is -2.24. The lowest BCUT2D eigenvalue weighted by atomic mass is 10.1. The summed E-state index contributed by atoms with van der Waals surface area (Å²) < 4.78 is 5.28. The summed E-state index contributed by atoms with van der Waals surface area (Å²) in [6.07, 6.45) is 0. The average Bonchev–Trinajstić information content (AvgIpc) is 2.66. The number of hydrogen-bond acceptors (Lipinski definition) is 4. The van der Waals surface area contributed by atoms with Crippen molar-refractivity contribution < 1.29 is 9.53 Å². The second-order valence-corrected chi connectivity index (χ2v) is 5.81. The van der Waals surface area contributed by atoms with Gasteiger partial charge in [0.25, 0.3) is 5.91 Å². The molecule has 1 aliphatic heterocycles. The summed E-state index contributed by atoms with van der Waals surface area (Å²) in [4.78, 5) is 16.9. The number of nitrogens with one attached hydrogen (secondary N) is 1. The molecule has 0 fully saturated rings. The molecule has 0 spiro atoms. The Hall–Kier alpha value is -2.53.